The second kappa shape index (κ2) is 14.4. The standard InChI is InChI=1S/C33H40O5S/c1-3-4-5-9-30(38-22-23-10-17-27(37-2)18-11-23)24-12-14-26(15-13-24)32-25(16-20-29(32)34)7-6-8-28-19-21-31(39-28)33(35)36/h10-15,17-19,21,25,30,32H,3-9,16,20,22H2,1-2H3,(H,35,36)/t25-,30?,32-/m0/s1. The maximum atomic E-state index is 12.9. The Morgan fingerprint density at radius 1 is 1.03 bits per heavy atom. The van der Waals surface area contributed by atoms with Crippen molar-refractivity contribution < 1.29 is 24.2 Å². The van der Waals surface area contributed by atoms with Gasteiger partial charge in [0.1, 0.15) is 16.4 Å². The topological polar surface area (TPSA) is 72.8 Å². The van der Waals surface area contributed by atoms with Gasteiger partial charge in [-0.05, 0) is 79.0 Å². The summed E-state index contributed by atoms with van der Waals surface area (Å²) in [5.74, 6) is 0.610. The van der Waals surface area contributed by atoms with Crippen LogP contribution in [0.25, 0.3) is 0 Å². The fraction of sp³-hybridized carbons (Fsp3) is 0.455. The van der Waals surface area contributed by atoms with Crippen molar-refractivity contribution in [2.45, 2.75) is 83.3 Å². The van der Waals surface area contributed by atoms with Gasteiger partial charge in [-0.15, -0.1) is 11.3 Å². The molecule has 1 aromatic heterocycles. The molecular formula is C33H40O5S. The number of carbonyl (C=O) groups is 2. The number of carboxylic acids is 1. The first kappa shape index (κ1) is 29.0. The summed E-state index contributed by atoms with van der Waals surface area (Å²) in [6.45, 7) is 2.76. The zero-order chi connectivity index (χ0) is 27.6. The van der Waals surface area contributed by atoms with E-state index in [4.69, 9.17) is 14.6 Å². The van der Waals surface area contributed by atoms with Crippen molar-refractivity contribution in [3.63, 3.8) is 0 Å². The van der Waals surface area contributed by atoms with Gasteiger partial charge in [0.2, 0.25) is 0 Å². The molecule has 0 aliphatic heterocycles. The van der Waals surface area contributed by atoms with Gasteiger partial charge in [0.15, 0.2) is 0 Å². The number of unbranched alkanes of at least 4 members (excludes halogenated alkanes) is 2. The van der Waals surface area contributed by atoms with Crippen molar-refractivity contribution in [3.05, 3.63) is 87.1 Å². The molecule has 0 saturated heterocycles. The maximum absolute atomic E-state index is 12.9. The van der Waals surface area contributed by atoms with E-state index in [0.717, 1.165) is 65.8 Å². The number of aromatic carboxylic acids is 1. The Kier molecular flexibility index (Phi) is 10.7. The monoisotopic (exact) mass is 548 g/mol. The van der Waals surface area contributed by atoms with Crippen LogP contribution in [0.5, 0.6) is 5.75 Å². The highest BCUT2D eigenvalue weighted by Crippen LogP contribution is 2.40. The lowest BCUT2D eigenvalue weighted by Gasteiger charge is -2.22. The maximum Gasteiger partial charge on any atom is 0.345 e. The van der Waals surface area contributed by atoms with Crippen molar-refractivity contribution in [1.82, 2.24) is 0 Å². The Balaban J connectivity index is 1.38. The summed E-state index contributed by atoms with van der Waals surface area (Å²) in [4.78, 5) is 25.5. The number of hydrogen-bond donors (Lipinski definition) is 1. The molecule has 0 bridgehead atoms. The Morgan fingerprint density at radius 3 is 2.46 bits per heavy atom. The summed E-state index contributed by atoms with van der Waals surface area (Å²) in [5, 5.41) is 9.15. The Bertz CT molecular complexity index is 1200. The van der Waals surface area contributed by atoms with Gasteiger partial charge in [-0.2, -0.15) is 0 Å². The molecule has 39 heavy (non-hydrogen) atoms. The fourth-order valence-corrected chi connectivity index (χ4v) is 6.50. The van der Waals surface area contributed by atoms with Crippen LogP contribution in [0.3, 0.4) is 0 Å². The normalized spacial score (nSPS) is 17.8. The number of hydrogen-bond acceptors (Lipinski definition) is 5. The molecule has 4 rings (SSSR count). The molecule has 0 amide bonds. The van der Waals surface area contributed by atoms with Crippen LogP contribution in [0.4, 0.5) is 0 Å². The molecular weight excluding hydrogens is 508 g/mol. The van der Waals surface area contributed by atoms with Crippen LogP contribution >= 0.6 is 11.3 Å². The lowest BCUT2D eigenvalue weighted by molar-refractivity contribution is -0.119. The number of benzene rings is 2. The van der Waals surface area contributed by atoms with Crippen molar-refractivity contribution in [2.24, 2.45) is 5.92 Å². The van der Waals surface area contributed by atoms with E-state index < -0.39 is 5.97 Å². The predicted octanol–water partition coefficient (Wildman–Crippen LogP) is 8.38. The van der Waals surface area contributed by atoms with Crippen LogP contribution in [0.1, 0.15) is 102 Å². The quantitative estimate of drug-likeness (QED) is 0.193. The average molecular weight is 549 g/mol. The first-order chi connectivity index (χ1) is 19.0. The number of aryl methyl sites for hydroxylation is 1. The number of thiophene rings is 1. The zero-order valence-electron chi connectivity index (χ0n) is 23.1. The minimum atomic E-state index is -0.866. The van der Waals surface area contributed by atoms with E-state index in [9.17, 15) is 9.59 Å². The number of carboxylic acid groups (broad SMARTS) is 1. The Hall–Kier alpha value is -2.96. The minimum absolute atomic E-state index is 0.0178. The molecule has 1 aliphatic carbocycles. The molecule has 1 unspecified atom stereocenters. The van der Waals surface area contributed by atoms with Crippen LogP contribution in [0.2, 0.25) is 0 Å². The second-order valence-corrected chi connectivity index (χ2v) is 11.7. The number of methoxy groups -OCH3 is 1. The van der Waals surface area contributed by atoms with Gasteiger partial charge < -0.3 is 14.6 Å². The largest absolute Gasteiger partial charge is 0.497 e. The van der Waals surface area contributed by atoms with Gasteiger partial charge in [-0.25, -0.2) is 4.79 Å². The van der Waals surface area contributed by atoms with E-state index in [1.54, 1.807) is 13.2 Å². The fourth-order valence-electron chi connectivity index (χ4n) is 5.61. The van der Waals surface area contributed by atoms with Gasteiger partial charge in [-0.3, -0.25) is 4.79 Å². The first-order valence-corrected chi connectivity index (χ1v) is 15.0. The van der Waals surface area contributed by atoms with E-state index in [0.29, 0.717) is 29.6 Å². The summed E-state index contributed by atoms with van der Waals surface area (Å²) in [5.41, 5.74) is 3.39. The summed E-state index contributed by atoms with van der Waals surface area (Å²) in [7, 11) is 1.67. The average Bonchev–Trinajstić information content (AvgIpc) is 3.58. The van der Waals surface area contributed by atoms with Crippen molar-refractivity contribution in [1.29, 1.82) is 0 Å². The highest BCUT2D eigenvalue weighted by molar-refractivity contribution is 7.13. The molecule has 208 valence electrons. The van der Waals surface area contributed by atoms with Crippen molar-refractivity contribution >= 4 is 23.1 Å². The first-order valence-electron chi connectivity index (χ1n) is 14.2. The molecule has 5 nitrogen and oxygen atoms in total. The predicted molar refractivity (Wildman–Crippen MR) is 156 cm³/mol. The van der Waals surface area contributed by atoms with E-state index in [2.05, 4.69) is 31.2 Å². The van der Waals surface area contributed by atoms with E-state index >= 15 is 0 Å². The molecule has 1 saturated carbocycles. The third-order valence-corrected chi connectivity index (χ3v) is 8.93. The summed E-state index contributed by atoms with van der Waals surface area (Å²) >= 11 is 1.35. The molecule has 2 aromatic carbocycles. The number of carbonyl (C=O) groups excluding carboxylic acids is 1. The molecule has 3 atom stereocenters. The van der Waals surface area contributed by atoms with E-state index in [-0.39, 0.29) is 12.0 Å². The highest BCUT2D eigenvalue weighted by Gasteiger charge is 2.35. The number of ether oxygens (including phenoxy) is 2. The Morgan fingerprint density at radius 2 is 1.79 bits per heavy atom. The highest BCUT2D eigenvalue weighted by atomic mass is 32.1. The van der Waals surface area contributed by atoms with Gasteiger partial charge in [0, 0.05) is 17.2 Å². The second-order valence-electron chi connectivity index (χ2n) is 10.5. The van der Waals surface area contributed by atoms with Gasteiger partial charge in [0.25, 0.3) is 0 Å². The summed E-state index contributed by atoms with van der Waals surface area (Å²) < 4.78 is 11.7. The van der Waals surface area contributed by atoms with Crippen LogP contribution in [0, 0.1) is 5.92 Å². The Labute approximate surface area is 236 Å². The lowest BCUT2D eigenvalue weighted by Crippen LogP contribution is -2.13. The number of rotatable bonds is 15. The molecule has 3 aromatic rings. The van der Waals surface area contributed by atoms with Crippen LogP contribution in [-0.4, -0.2) is 24.0 Å². The number of ketones is 1. The van der Waals surface area contributed by atoms with E-state index in [1.165, 1.54) is 24.2 Å². The van der Waals surface area contributed by atoms with Crippen molar-refractivity contribution in [3.8, 4) is 5.75 Å². The van der Waals surface area contributed by atoms with Crippen LogP contribution < -0.4 is 4.74 Å². The molecule has 0 spiro atoms. The lowest BCUT2D eigenvalue weighted by atomic mass is 9.84. The zero-order valence-corrected chi connectivity index (χ0v) is 23.9. The summed E-state index contributed by atoms with van der Waals surface area (Å²) in [6, 6.07) is 20.2. The molecule has 1 N–H and O–H groups in total. The molecule has 1 aliphatic rings. The smallest absolute Gasteiger partial charge is 0.345 e. The number of Topliss-reactive ketones (excluding diaryl/α,β-unsaturated/α-hetero) is 1. The molecule has 0 radical (unpaired) electrons. The van der Waals surface area contributed by atoms with Gasteiger partial charge >= 0.3 is 5.97 Å². The van der Waals surface area contributed by atoms with Crippen LogP contribution in [0.15, 0.2) is 60.7 Å². The third kappa shape index (κ3) is 8.02. The third-order valence-electron chi connectivity index (χ3n) is 7.80. The van der Waals surface area contributed by atoms with Crippen molar-refractivity contribution in [2.75, 3.05) is 7.11 Å². The molecule has 6 heteroatoms. The SMILES string of the molecule is CCCCCC(OCc1ccc(OC)cc1)c1ccc([C@H]2C(=O)CC[C@@H]2CCCc2ccc(C(=O)O)s2)cc1. The van der Waals surface area contributed by atoms with Crippen LogP contribution in [-0.2, 0) is 22.6 Å². The van der Waals surface area contributed by atoms with Gasteiger partial charge in [0.05, 0.1) is 19.8 Å². The van der Waals surface area contributed by atoms with E-state index in [1.807, 2.05) is 30.3 Å². The molecule has 1 fully saturated rings. The molecule has 1 heterocycles. The van der Waals surface area contributed by atoms with Gasteiger partial charge in [-0.1, -0.05) is 62.6 Å². The minimum Gasteiger partial charge on any atom is -0.497 e. The summed E-state index contributed by atoms with van der Waals surface area (Å²) in [6.07, 6.45) is 8.83.